The Morgan fingerprint density at radius 2 is 1.56 bits per heavy atom. The van der Waals surface area contributed by atoms with E-state index in [1.54, 1.807) is 42.5 Å². The molecule has 0 saturated carbocycles. The van der Waals surface area contributed by atoms with Crippen LogP contribution in [-0.4, -0.2) is 27.5 Å². The van der Waals surface area contributed by atoms with Crippen molar-refractivity contribution in [3.8, 4) is 0 Å². The van der Waals surface area contributed by atoms with E-state index in [-0.39, 0.29) is 34.2 Å². The predicted octanol–water partition coefficient (Wildman–Crippen LogP) is 6.27. The molecule has 3 unspecified atom stereocenters. The van der Waals surface area contributed by atoms with Crippen LogP contribution in [0.15, 0.2) is 76.6 Å². The molecule has 0 bridgehead atoms. The highest BCUT2D eigenvalue weighted by Gasteiger charge is 2.57. The maximum Gasteiger partial charge on any atom is 0.308 e. The van der Waals surface area contributed by atoms with Gasteiger partial charge >= 0.3 is 4.87 Å². The number of thiazole rings is 1. The Labute approximate surface area is 254 Å². The minimum Gasteiger partial charge on any atom is -0.325 e. The monoisotopic (exact) mass is 623 g/mol. The Bertz CT molecular complexity index is 1770. The number of imide groups is 1. The number of rotatable bonds is 5. The number of hydrogen-bond donors (Lipinski definition) is 1. The number of nitrogens with one attached hydrogen (secondary N) is 1. The second-order valence-electron chi connectivity index (χ2n) is 10.1. The van der Waals surface area contributed by atoms with E-state index in [1.165, 1.54) is 9.47 Å². The van der Waals surface area contributed by atoms with Crippen LogP contribution < -0.4 is 15.1 Å². The van der Waals surface area contributed by atoms with Gasteiger partial charge in [0.1, 0.15) is 11.8 Å². The van der Waals surface area contributed by atoms with E-state index in [4.69, 9.17) is 23.2 Å². The lowest BCUT2D eigenvalue weighted by molar-refractivity contribution is -0.122. The summed E-state index contributed by atoms with van der Waals surface area (Å²) in [5.41, 5.74) is 3.70. The molecule has 0 radical (unpaired) electrons. The van der Waals surface area contributed by atoms with Crippen molar-refractivity contribution in [2.45, 2.75) is 36.6 Å². The highest BCUT2D eigenvalue weighted by Crippen LogP contribution is 2.55. The molecule has 4 aromatic rings. The van der Waals surface area contributed by atoms with Gasteiger partial charge in [0.05, 0.1) is 26.7 Å². The standard InChI is InChI=1S/C30H23Cl2N3O4S2/c1-15-6-10-17(11-7-15)33-21(36)14-34-29-26(41-30(34)39)22(19-4-3-5-20(31)24(19)32)23-25(40-29)28(38)35(27(23)37)18-12-8-16(2)9-13-18/h3-13,22-23,25H,14H2,1-2H3,(H,33,36). The van der Waals surface area contributed by atoms with Gasteiger partial charge in [-0.25, -0.2) is 4.90 Å². The van der Waals surface area contributed by atoms with Crippen LogP contribution in [0, 0.1) is 19.8 Å². The Kier molecular flexibility index (Phi) is 7.32. The molecule has 7 nitrogen and oxygen atoms in total. The topological polar surface area (TPSA) is 88.5 Å². The van der Waals surface area contributed by atoms with Gasteiger partial charge in [0.25, 0.3) is 0 Å². The van der Waals surface area contributed by atoms with Crippen molar-refractivity contribution in [3.63, 3.8) is 0 Å². The van der Waals surface area contributed by atoms with Gasteiger partial charge in [0, 0.05) is 16.5 Å². The Morgan fingerprint density at radius 1 is 0.902 bits per heavy atom. The van der Waals surface area contributed by atoms with Crippen molar-refractivity contribution in [1.82, 2.24) is 4.57 Å². The third-order valence-electron chi connectivity index (χ3n) is 7.30. The van der Waals surface area contributed by atoms with Gasteiger partial charge in [-0.15, -0.1) is 0 Å². The third-order valence-corrected chi connectivity index (χ3v) is 10.7. The van der Waals surface area contributed by atoms with E-state index >= 15 is 0 Å². The fourth-order valence-electron chi connectivity index (χ4n) is 5.28. The first-order chi connectivity index (χ1) is 19.6. The molecule has 2 aliphatic rings. The summed E-state index contributed by atoms with van der Waals surface area (Å²) in [6.45, 7) is 3.63. The van der Waals surface area contributed by atoms with Gasteiger partial charge in [-0.3, -0.25) is 23.7 Å². The number of amides is 3. The van der Waals surface area contributed by atoms with E-state index in [0.717, 1.165) is 34.2 Å². The number of aromatic nitrogens is 1. The first-order valence-corrected chi connectivity index (χ1v) is 15.2. The summed E-state index contributed by atoms with van der Waals surface area (Å²) in [4.78, 5) is 55.6. The number of nitrogens with zero attached hydrogens (tertiary/aromatic N) is 2. The van der Waals surface area contributed by atoms with Crippen molar-refractivity contribution < 1.29 is 14.4 Å². The smallest absolute Gasteiger partial charge is 0.308 e. The molecule has 3 amide bonds. The van der Waals surface area contributed by atoms with Gasteiger partial charge < -0.3 is 5.32 Å². The van der Waals surface area contributed by atoms with Crippen LogP contribution in [0.5, 0.6) is 0 Å². The molecule has 1 N–H and O–H groups in total. The number of anilines is 2. The van der Waals surface area contributed by atoms with Crippen LogP contribution in [0.3, 0.4) is 0 Å². The molecular formula is C30H23Cl2N3O4S2. The summed E-state index contributed by atoms with van der Waals surface area (Å²) in [5, 5.41) is 3.04. The van der Waals surface area contributed by atoms with Gasteiger partial charge in [-0.1, -0.05) is 93.8 Å². The van der Waals surface area contributed by atoms with Crippen LogP contribution >= 0.6 is 46.3 Å². The van der Waals surface area contributed by atoms with Crippen molar-refractivity contribution in [1.29, 1.82) is 0 Å². The van der Waals surface area contributed by atoms with Crippen LogP contribution in [0.1, 0.15) is 27.5 Å². The largest absolute Gasteiger partial charge is 0.325 e. The van der Waals surface area contributed by atoms with E-state index < -0.39 is 17.1 Å². The van der Waals surface area contributed by atoms with Crippen LogP contribution in [-0.2, 0) is 20.9 Å². The minimum atomic E-state index is -0.822. The summed E-state index contributed by atoms with van der Waals surface area (Å²) in [6, 6.07) is 19.7. The number of benzene rings is 3. The molecule has 6 rings (SSSR count). The number of carbonyl (C=O) groups excluding carboxylic acids is 3. The quantitative estimate of drug-likeness (QED) is 0.265. The fraction of sp³-hybridized carbons (Fsp3) is 0.200. The summed E-state index contributed by atoms with van der Waals surface area (Å²) < 4.78 is 1.38. The molecule has 208 valence electrons. The molecule has 2 aliphatic heterocycles. The SMILES string of the molecule is Cc1ccc(NC(=O)Cn2c3c(sc2=O)C(c2cccc(Cl)c2Cl)C2C(=O)N(c4ccc(C)cc4)C(=O)C2S3)cc1. The minimum absolute atomic E-state index is 0.247. The molecule has 1 fully saturated rings. The van der Waals surface area contributed by atoms with E-state index in [9.17, 15) is 19.2 Å². The number of thioether (sulfide) groups is 1. The van der Waals surface area contributed by atoms with Gasteiger partial charge in [0.2, 0.25) is 17.7 Å². The molecule has 3 atom stereocenters. The zero-order valence-electron chi connectivity index (χ0n) is 21.9. The van der Waals surface area contributed by atoms with E-state index in [2.05, 4.69) is 5.32 Å². The Balaban J connectivity index is 1.43. The van der Waals surface area contributed by atoms with Crippen molar-refractivity contribution in [2.75, 3.05) is 10.2 Å². The highest BCUT2D eigenvalue weighted by atomic mass is 35.5. The number of halogens is 2. The maximum atomic E-state index is 14.0. The zero-order chi connectivity index (χ0) is 29.0. The average Bonchev–Trinajstić information content (AvgIpc) is 3.38. The molecule has 1 saturated heterocycles. The number of carbonyl (C=O) groups is 3. The second kappa shape index (κ2) is 10.8. The van der Waals surface area contributed by atoms with Crippen LogP contribution in [0.4, 0.5) is 11.4 Å². The van der Waals surface area contributed by atoms with Crippen LogP contribution in [0.2, 0.25) is 10.0 Å². The number of fused-ring (bicyclic) bond motifs is 2. The van der Waals surface area contributed by atoms with Gasteiger partial charge in [-0.05, 0) is 49.7 Å². The zero-order valence-corrected chi connectivity index (χ0v) is 25.0. The van der Waals surface area contributed by atoms with Crippen molar-refractivity contribution >= 4 is 75.4 Å². The maximum absolute atomic E-state index is 14.0. The average molecular weight is 625 g/mol. The van der Waals surface area contributed by atoms with E-state index in [0.29, 0.717) is 31.9 Å². The van der Waals surface area contributed by atoms with Crippen LogP contribution in [0.25, 0.3) is 0 Å². The Morgan fingerprint density at radius 3 is 2.24 bits per heavy atom. The lowest BCUT2D eigenvalue weighted by Crippen LogP contribution is -2.33. The van der Waals surface area contributed by atoms with Crippen molar-refractivity contribution in [2.24, 2.45) is 5.92 Å². The van der Waals surface area contributed by atoms with E-state index in [1.807, 2.05) is 38.1 Å². The first kappa shape index (κ1) is 27.8. The van der Waals surface area contributed by atoms with Crippen molar-refractivity contribution in [3.05, 3.63) is 108 Å². The number of aryl methyl sites for hydroxylation is 2. The fourth-order valence-corrected chi connectivity index (χ4v) is 8.47. The second-order valence-corrected chi connectivity index (χ2v) is 13.0. The molecular weight excluding hydrogens is 601 g/mol. The Hall–Kier alpha value is -3.37. The molecule has 0 aliphatic carbocycles. The molecule has 3 heterocycles. The summed E-state index contributed by atoms with van der Waals surface area (Å²) in [6.07, 6.45) is 0. The molecule has 41 heavy (non-hydrogen) atoms. The van der Waals surface area contributed by atoms with Gasteiger partial charge in [0.15, 0.2) is 0 Å². The lowest BCUT2D eigenvalue weighted by atomic mass is 9.83. The molecule has 0 spiro atoms. The normalized spacial score (nSPS) is 19.7. The molecule has 11 heteroatoms. The summed E-state index contributed by atoms with van der Waals surface area (Å²) in [7, 11) is 0. The third kappa shape index (κ3) is 4.91. The predicted molar refractivity (Wildman–Crippen MR) is 163 cm³/mol. The summed E-state index contributed by atoms with van der Waals surface area (Å²) >= 11 is 15.2. The van der Waals surface area contributed by atoms with Gasteiger partial charge in [-0.2, -0.15) is 0 Å². The highest BCUT2D eigenvalue weighted by molar-refractivity contribution is 8.00. The number of hydrogen-bond acceptors (Lipinski definition) is 6. The summed E-state index contributed by atoms with van der Waals surface area (Å²) in [5.74, 6) is -2.64. The lowest BCUT2D eigenvalue weighted by Gasteiger charge is -2.31. The molecule has 1 aromatic heterocycles. The molecule has 3 aromatic carbocycles. The first-order valence-electron chi connectivity index (χ1n) is 12.8.